The molecule has 2 aromatic rings. The number of amides is 2. The maximum Gasteiger partial charge on any atom is 0.274 e. The Labute approximate surface area is 163 Å². The standard InChI is InChI=1S/C21H24N2O5/c1-3-17(14-28-19-11-7-16(8-12-19)21(25)23-26)22-20(24)13-6-15-4-9-18(27-2)10-5-15/h4-13,17,26H,3,14H2,1-2H3,(H,22,24)(H,23,25)/t17-/m0/s1. The van der Waals surface area contributed by atoms with Crippen molar-refractivity contribution in [1.29, 1.82) is 0 Å². The highest BCUT2D eigenvalue weighted by atomic mass is 16.5. The van der Waals surface area contributed by atoms with Gasteiger partial charge in [0.05, 0.1) is 13.2 Å². The molecule has 0 bridgehead atoms. The predicted molar refractivity (Wildman–Crippen MR) is 105 cm³/mol. The Hall–Kier alpha value is -3.32. The maximum absolute atomic E-state index is 12.1. The van der Waals surface area contributed by atoms with Crippen LogP contribution in [0.3, 0.4) is 0 Å². The van der Waals surface area contributed by atoms with Gasteiger partial charge in [-0.05, 0) is 54.5 Å². The van der Waals surface area contributed by atoms with Gasteiger partial charge in [-0.15, -0.1) is 0 Å². The third-order valence-electron chi connectivity index (χ3n) is 4.05. The van der Waals surface area contributed by atoms with Crippen LogP contribution < -0.4 is 20.3 Å². The van der Waals surface area contributed by atoms with Gasteiger partial charge in [0.15, 0.2) is 0 Å². The second kappa shape index (κ2) is 10.7. The fourth-order valence-electron chi connectivity index (χ4n) is 2.36. The molecule has 0 saturated heterocycles. The van der Waals surface area contributed by atoms with Crippen LogP contribution in [0.25, 0.3) is 6.08 Å². The van der Waals surface area contributed by atoms with Crippen molar-refractivity contribution in [2.24, 2.45) is 0 Å². The number of hydrogen-bond donors (Lipinski definition) is 3. The van der Waals surface area contributed by atoms with E-state index in [1.165, 1.54) is 18.2 Å². The molecule has 3 N–H and O–H groups in total. The molecular formula is C21H24N2O5. The maximum atomic E-state index is 12.1. The van der Waals surface area contributed by atoms with Crippen molar-refractivity contribution in [2.75, 3.05) is 13.7 Å². The van der Waals surface area contributed by atoms with Crippen LogP contribution in [0.5, 0.6) is 11.5 Å². The van der Waals surface area contributed by atoms with Crippen molar-refractivity contribution in [1.82, 2.24) is 10.8 Å². The molecule has 0 heterocycles. The van der Waals surface area contributed by atoms with Gasteiger partial charge >= 0.3 is 0 Å². The molecule has 0 aromatic heterocycles. The molecule has 2 amide bonds. The minimum absolute atomic E-state index is 0.159. The summed E-state index contributed by atoms with van der Waals surface area (Å²) in [5.41, 5.74) is 2.79. The van der Waals surface area contributed by atoms with Crippen molar-refractivity contribution < 1.29 is 24.3 Å². The first kappa shape index (κ1) is 21.0. The van der Waals surface area contributed by atoms with Crippen LogP contribution >= 0.6 is 0 Å². The molecule has 0 saturated carbocycles. The molecule has 0 fully saturated rings. The van der Waals surface area contributed by atoms with Crippen molar-refractivity contribution >= 4 is 17.9 Å². The number of hydroxylamine groups is 1. The summed E-state index contributed by atoms with van der Waals surface area (Å²) in [6.07, 6.45) is 3.91. The summed E-state index contributed by atoms with van der Waals surface area (Å²) >= 11 is 0. The summed E-state index contributed by atoms with van der Waals surface area (Å²) in [6, 6.07) is 13.6. The van der Waals surface area contributed by atoms with E-state index in [1.807, 2.05) is 31.2 Å². The van der Waals surface area contributed by atoms with E-state index in [1.54, 1.807) is 30.8 Å². The zero-order valence-corrected chi connectivity index (χ0v) is 15.8. The molecular weight excluding hydrogens is 360 g/mol. The molecule has 0 aliphatic heterocycles. The Morgan fingerprint density at radius 3 is 2.29 bits per heavy atom. The van der Waals surface area contributed by atoms with Gasteiger partial charge in [0.25, 0.3) is 5.91 Å². The van der Waals surface area contributed by atoms with E-state index < -0.39 is 5.91 Å². The van der Waals surface area contributed by atoms with Gasteiger partial charge in [-0.3, -0.25) is 14.8 Å². The highest BCUT2D eigenvalue weighted by Gasteiger charge is 2.10. The minimum atomic E-state index is -0.589. The van der Waals surface area contributed by atoms with E-state index in [-0.39, 0.29) is 11.9 Å². The lowest BCUT2D eigenvalue weighted by molar-refractivity contribution is -0.117. The average Bonchev–Trinajstić information content (AvgIpc) is 2.75. The molecule has 7 heteroatoms. The van der Waals surface area contributed by atoms with Crippen LogP contribution in [0.15, 0.2) is 54.6 Å². The van der Waals surface area contributed by atoms with Crippen LogP contribution in [0.4, 0.5) is 0 Å². The highest BCUT2D eigenvalue weighted by Crippen LogP contribution is 2.13. The van der Waals surface area contributed by atoms with E-state index in [0.29, 0.717) is 24.3 Å². The van der Waals surface area contributed by atoms with Crippen LogP contribution in [0.1, 0.15) is 29.3 Å². The molecule has 0 aliphatic carbocycles. The molecule has 7 nitrogen and oxygen atoms in total. The molecule has 2 rings (SSSR count). The molecule has 28 heavy (non-hydrogen) atoms. The normalized spacial score (nSPS) is 11.7. The van der Waals surface area contributed by atoms with Gasteiger partial charge in [-0.1, -0.05) is 19.1 Å². The first-order chi connectivity index (χ1) is 13.5. The van der Waals surface area contributed by atoms with E-state index in [2.05, 4.69) is 5.32 Å². The fourth-order valence-corrected chi connectivity index (χ4v) is 2.36. The SMILES string of the molecule is CC[C@@H](COc1ccc(C(=O)NO)cc1)NC(=O)C=Cc1ccc(OC)cc1. The summed E-state index contributed by atoms with van der Waals surface area (Å²) < 4.78 is 10.8. The van der Waals surface area contributed by atoms with Crippen molar-refractivity contribution in [3.05, 3.63) is 65.7 Å². The monoisotopic (exact) mass is 384 g/mol. The zero-order valence-electron chi connectivity index (χ0n) is 15.8. The summed E-state index contributed by atoms with van der Waals surface area (Å²) in [5, 5.41) is 11.5. The Kier molecular flexibility index (Phi) is 8.05. The summed E-state index contributed by atoms with van der Waals surface area (Å²) in [7, 11) is 1.60. The van der Waals surface area contributed by atoms with Crippen LogP contribution in [0, 0.1) is 0 Å². The second-order valence-corrected chi connectivity index (χ2v) is 6.00. The lowest BCUT2D eigenvalue weighted by atomic mass is 10.2. The minimum Gasteiger partial charge on any atom is -0.497 e. The summed E-state index contributed by atoms with van der Waals surface area (Å²) in [6.45, 7) is 2.25. The van der Waals surface area contributed by atoms with Crippen LogP contribution in [-0.2, 0) is 4.79 Å². The van der Waals surface area contributed by atoms with E-state index in [4.69, 9.17) is 14.7 Å². The lowest BCUT2D eigenvalue weighted by Crippen LogP contribution is -2.37. The van der Waals surface area contributed by atoms with Crippen LogP contribution in [0.2, 0.25) is 0 Å². The van der Waals surface area contributed by atoms with Gasteiger partial charge in [0, 0.05) is 11.6 Å². The third kappa shape index (κ3) is 6.44. The lowest BCUT2D eigenvalue weighted by Gasteiger charge is -2.17. The predicted octanol–water partition coefficient (Wildman–Crippen LogP) is 2.80. The van der Waals surface area contributed by atoms with Gasteiger partial charge in [0.2, 0.25) is 5.91 Å². The van der Waals surface area contributed by atoms with Gasteiger partial charge in [0.1, 0.15) is 18.1 Å². The molecule has 0 aliphatic rings. The number of benzene rings is 2. The third-order valence-corrected chi connectivity index (χ3v) is 4.05. The Morgan fingerprint density at radius 1 is 1.07 bits per heavy atom. The number of hydrogen-bond acceptors (Lipinski definition) is 5. The Bertz CT molecular complexity index is 801. The first-order valence-corrected chi connectivity index (χ1v) is 8.85. The van der Waals surface area contributed by atoms with Crippen molar-refractivity contribution in [3.8, 4) is 11.5 Å². The summed E-state index contributed by atoms with van der Waals surface area (Å²) in [4.78, 5) is 23.4. The number of methoxy groups -OCH3 is 1. The molecule has 0 unspecified atom stereocenters. The van der Waals surface area contributed by atoms with Crippen molar-refractivity contribution in [3.63, 3.8) is 0 Å². The fraction of sp³-hybridized carbons (Fsp3) is 0.238. The average molecular weight is 384 g/mol. The Morgan fingerprint density at radius 2 is 1.71 bits per heavy atom. The van der Waals surface area contributed by atoms with E-state index in [0.717, 1.165) is 11.3 Å². The number of carbonyl (C=O) groups excluding carboxylic acids is 2. The molecule has 2 aromatic carbocycles. The molecule has 148 valence electrons. The number of nitrogens with one attached hydrogen (secondary N) is 2. The molecule has 0 radical (unpaired) electrons. The van der Waals surface area contributed by atoms with Gasteiger partial charge in [-0.2, -0.15) is 0 Å². The number of rotatable bonds is 9. The number of carbonyl (C=O) groups is 2. The first-order valence-electron chi connectivity index (χ1n) is 8.85. The number of ether oxygens (including phenoxy) is 2. The van der Waals surface area contributed by atoms with Crippen molar-refractivity contribution in [2.45, 2.75) is 19.4 Å². The molecule has 0 spiro atoms. The summed E-state index contributed by atoms with van der Waals surface area (Å²) in [5.74, 6) is 0.529. The van der Waals surface area contributed by atoms with Gasteiger partial charge in [-0.25, -0.2) is 5.48 Å². The highest BCUT2D eigenvalue weighted by molar-refractivity contribution is 5.93. The van der Waals surface area contributed by atoms with Gasteiger partial charge < -0.3 is 14.8 Å². The van der Waals surface area contributed by atoms with Crippen LogP contribution in [-0.4, -0.2) is 36.8 Å². The Balaban J connectivity index is 1.84. The second-order valence-electron chi connectivity index (χ2n) is 6.00. The smallest absolute Gasteiger partial charge is 0.274 e. The van der Waals surface area contributed by atoms with E-state index in [9.17, 15) is 9.59 Å². The topological polar surface area (TPSA) is 96.9 Å². The zero-order chi connectivity index (χ0) is 20.4. The largest absolute Gasteiger partial charge is 0.497 e. The quantitative estimate of drug-likeness (QED) is 0.351. The molecule has 1 atom stereocenters. The van der Waals surface area contributed by atoms with E-state index >= 15 is 0 Å².